The van der Waals surface area contributed by atoms with Crippen LogP contribution in [0, 0.1) is 0 Å². The first-order valence-corrected chi connectivity index (χ1v) is 13.4. The van der Waals surface area contributed by atoms with Crippen LogP contribution < -0.4 is 9.05 Å². The van der Waals surface area contributed by atoms with Crippen molar-refractivity contribution in [3.8, 4) is 11.5 Å². The van der Waals surface area contributed by atoms with Crippen LogP contribution in [0.25, 0.3) is 0 Å². The summed E-state index contributed by atoms with van der Waals surface area (Å²) in [5.41, 5.74) is 1.89. The van der Waals surface area contributed by atoms with Gasteiger partial charge in [0.1, 0.15) is 11.5 Å². The summed E-state index contributed by atoms with van der Waals surface area (Å²) in [6.45, 7) is 4.40. The zero-order chi connectivity index (χ0) is 22.4. The smallest absolute Gasteiger partial charge is 0.395 e. The summed E-state index contributed by atoms with van der Waals surface area (Å²) in [5.74, 6) is 0.863. The second-order valence-electron chi connectivity index (χ2n) is 8.20. The fourth-order valence-electron chi connectivity index (χ4n) is 3.70. The molecule has 0 aromatic heterocycles. The van der Waals surface area contributed by atoms with E-state index in [0.29, 0.717) is 11.5 Å². The number of hydrogen-bond donors (Lipinski definition) is 1. The highest BCUT2D eigenvalue weighted by Crippen LogP contribution is 2.46. The van der Waals surface area contributed by atoms with Crippen molar-refractivity contribution in [2.75, 3.05) is 0 Å². The van der Waals surface area contributed by atoms with Crippen LogP contribution in [0.15, 0.2) is 48.5 Å². The molecule has 2 rings (SSSR count). The van der Waals surface area contributed by atoms with Crippen LogP contribution in [0.4, 0.5) is 0 Å². The minimum Gasteiger partial charge on any atom is -0.395 e. The van der Waals surface area contributed by atoms with Gasteiger partial charge in [-0.25, -0.2) is 4.57 Å². The van der Waals surface area contributed by atoms with E-state index in [9.17, 15) is 9.46 Å². The van der Waals surface area contributed by atoms with Crippen molar-refractivity contribution in [2.24, 2.45) is 0 Å². The highest BCUT2D eigenvalue weighted by Gasteiger charge is 2.27. The van der Waals surface area contributed by atoms with Crippen LogP contribution in [0.2, 0.25) is 0 Å². The summed E-state index contributed by atoms with van der Waals surface area (Å²) in [6, 6.07) is 14.9. The van der Waals surface area contributed by atoms with Crippen molar-refractivity contribution in [3.63, 3.8) is 0 Å². The van der Waals surface area contributed by atoms with Gasteiger partial charge >= 0.3 is 7.82 Å². The third-order valence-corrected chi connectivity index (χ3v) is 6.33. The summed E-state index contributed by atoms with van der Waals surface area (Å²) in [5, 5.41) is 0. The van der Waals surface area contributed by atoms with Gasteiger partial charge in [-0.2, -0.15) is 0 Å². The molecular weight excluding hydrogens is 407 g/mol. The second-order valence-corrected chi connectivity index (χ2v) is 9.50. The Bertz CT molecular complexity index is 742. The van der Waals surface area contributed by atoms with E-state index in [1.807, 2.05) is 36.4 Å². The second kappa shape index (κ2) is 14.3. The molecule has 172 valence electrons. The fraction of sp³-hybridized carbons (Fsp3) is 0.538. The van der Waals surface area contributed by atoms with E-state index < -0.39 is 7.82 Å². The zero-order valence-corrected chi connectivity index (χ0v) is 20.1. The molecule has 4 nitrogen and oxygen atoms in total. The first-order valence-electron chi connectivity index (χ1n) is 11.9. The molecule has 5 heteroatoms. The van der Waals surface area contributed by atoms with Crippen LogP contribution in [-0.2, 0) is 17.4 Å². The van der Waals surface area contributed by atoms with Gasteiger partial charge < -0.3 is 9.05 Å². The van der Waals surface area contributed by atoms with Crippen molar-refractivity contribution in [1.29, 1.82) is 0 Å². The van der Waals surface area contributed by atoms with Crippen molar-refractivity contribution >= 4 is 7.82 Å². The fourth-order valence-corrected chi connectivity index (χ4v) is 4.59. The molecule has 0 aliphatic carbocycles. The van der Waals surface area contributed by atoms with Gasteiger partial charge in [0.15, 0.2) is 0 Å². The number of unbranched alkanes of at least 4 members (excludes halogenated alkanes) is 8. The van der Waals surface area contributed by atoms with Crippen LogP contribution in [-0.4, -0.2) is 4.89 Å². The van der Waals surface area contributed by atoms with Crippen molar-refractivity contribution in [1.82, 2.24) is 0 Å². The van der Waals surface area contributed by atoms with Gasteiger partial charge in [0, 0.05) is 0 Å². The number of para-hydroxylation sites is 2. The van der Waals surface area contributed by atoms with Crippen molar-refractivity contribution < 1.29 is 18.5 Å². The molecule has 0 unspecified atom stereocenters. The normalized spacial score (nSPS) is 11.5. The monoisotopic (exact) mass is 446 g/mol. The molecule has 0 aliphatic rings. The highest BCUT2D eigenvalue weighted by molar-refractivity contribution is 7.48. The Balaban J connectivity index is 1.97. The predicted octanol–water partition coefficient (Wildman–Crippen LogP) is 8.27. The zero-order valence-electron chi connectivity index (χ0n) is 19.2. The Morgan fingerprint density at radius 2 is 1.03 bits per heavy atom. The largest absolute Gasteiger partial charge is 0.584 e. The van der Waals surface area contributed by atoms with E-state index in [1.54, 1.807) is 12.1 Å². The molecule has 0 fully saturated rings. The van der Waals surface area contributed by atoms with Crippen molar-refractivity contribution in [3.05, 3.63) is 59.7 Å². The molecule has 0 amide bonds. The SMILES string of the molecule is CCCCCCCc1ccccc1OP(=O)(O)Oc1ccccc1CCCCCCC. The maximum atomic E-state index is 12.8. The molecule has 0 aliphatic heterocycles. The first-order chi connectivity index (χ1) is 15.1. The summed E-state index contributed by atoms with van der Waals surface area (Å²) >= 11 is 0. The van der Waals surface area contributed by atoms with E-state index >= 15 is 0 Å². The Kier molecular flexibility index (Phi) is 11.8. The molecule has 2 aromatic carbocycles. The summed E-state index contributed by atoms with van der Waals surface area (Å²) in [4.78, 5) is 10.5. The number of benzene rings is 2. The van der Waals surface area contributed by atoms with E-state index in [4.69, 9.17) is 9.05 Å². The van der Waals surface area contributed by atoms with Crippen LogP contribution in [0.3, 0.4) is 0 Å². The number of rotatable bonds is 16. The maximum absolute atomic E-state index is 12.8. The van der Waals surface area contributed by atoms with Gasteiger partial charge in [0.2, 0.25) is 0 Å². The lowest BCUT2D eigenvalue weighted by Gasteiger charge is -2.18. The van der Waals surface area contributed by atoms with Gasteiger partial charge in [-0.3, -0.25) is 4.89 Å². The first kappa shape index (κ1) is 25.5. The minimum atomic E-state index is -4.29. The van der Waals surface area contributed by atoms with Gasteiger partial charge in [-0.15, -0.1) is 0 Å². The lowest BCUT2D eigenvalue weighted by atomic mass is 10.0. The highest BCUT2D eigenvalue weighted by atomic mass is 31.2. The molecule has 2 aromatic rings. The van der Waals surface area contributed by atoms with Crippen LogP contribution in [0.5, 0.6) is 11.5 Å². The molecule has 0 saturated heterocycles. The molecule has 0 spiro atoms. The Morgan fingerprint density at radius 1 is 0.645 bits per heavy atom. The molecule has 0 saturated carbocycles. The van der Waals surface area contributed by atoms with Gasteiger partial charge in [0.25, 0.3) is 0 Å². The van der Waals surface area contributed by atoms with Crippen molar-refractivity contribution in [2.45, 2.75) is 90.9 Å². The molecular formula is C26H39O4P. The Labute approximate surface area is 188 Å². The standard InChI is InChI=1S/C26H39O4P/c1-3-5-7-9-11-17-23-19-13-15-21-25(23)29-31(27,28)30-26-22-16-14-20-24(26)18-12-10-8-6-4-2/h13-16,19-22H,3-12,17-18H2,1-2H3,(H,27,28). The number of phosphoric acid groups is 1. The predicted molar refractivity (Wildman–Crippen MR) is 129 cm³/mol. The van der Waals surface area contributed by atoms with E-state index in [0.717, 1.165) is 49.7 Å². The van der Waals surface area contributed by atoms with Crippen LogP contribution in [0.1, 0.15) is 89.2 Å². The van der Waals surface area contributed by atoms with Gasteiger partial charge in [-0.05, 0) is 48.9 Å². The van der Waals surface area contributed by atoms with E-state index in [-0.39, 0.29) is 0 Å². The third-order valence-electron chi connectivity index (χ3n) is 5.47. The Morgan fingerprint density at radius 3 is 1.45 bits per heavy atom. The summed E-state index contributed by atoms with van der Waals surface area (Å²) < 4.78 is 23.8. The number of hydrogen-bond acceptors (Lipinski definition) is 3. The molecule has 1 N–H and O–H groups in total. The quantitative estimate of drug-likeness (QED) is 0.208. The van der Waals surface area contributed by atoms with E-state index in [1.165, 1.54) is 38.5 Å². The average molecular weight is 447 g/mol. The molecule has 0 atom stereocenters. The number of aryl methyl sites for hydroxylation is 2. The van der Waals surface area contributed by atoms with Gasteiger partial charge in [0.05, 0.1) is 0 Å². The summed E-state index contributed by atoms with van der Waals surface area (Å²) in [6.07, 6.45) is 13.4. The topological polar surface area (TPSA) is 55.8 Å². The summed E-state index contributed by atoms with van der Waals surface area (Å²) in [7, 11) is -4.29. The lowest BCUT2D eigenvalue weighted by Crippen LogP contribution is -2.03. The van der Waals surface area contributed by atoms with Crippen LogP contribution >= 0.6 is 7.82 Å². The van der Waals surface area contributed by atoms with Gasteiger partial charge in [-0.1, -0.05) is 102 Å². The Hall–Kier alpha value is -1.77. The minimum absolute atomic E-state index is 0.431. The van der Waals surface area contributed by atoms with E-state index in [2.05, 4.69) is 13.8 Å². The third kappa shape index (κ3) is 9.93. The number of phosphoric ester groups is 1. The lowest BCUT2D eigenvalue weighted by molar-refractivity contribution is 0.288. The molecule has 0 heterocycles. The molecule has 0 bridgehead atoms. The maximum Gasteiger partial charge on any atom is 0.584 e. The molecule has 0 radical (unpaired) electrons. The average Bonchev–Trinajstić information content (AvgIpc) is 2.75. The molecule has 31 heavy (non-hydrogen) atoms.